The second-order valence-electron chi connectivity index (χ2n) is 3.26. The van der Waals surface area contributed by atoms with Gasteiger partial charge in [0.2, 0.25) is 0 Å². The summed E-state index contributed by atoms with van der Waals surface area (Å²) in [6.45, 7) is 2.10. The highest BCUT2D eigenvalue weighted by Gasteiger charge is 2.07. The fourth-order valence-corrected chi connectivity index (χ4v) is 2.26. The van der Waals surface area contributed by atoms with Gasteiger partial charge in [0.15, 0.2) is 5.15 Å². The topological polar surface area (TPSA) is 24.9 Å². The van der Waals surface area contributed by atoms with E-state index in [0.717, 1.165) is 5.69 Å². The van der Waals surface area contributed by atoms with E-state index in [-0.39, 0.29) is 6.04 Å². The van der Waals surface area contributed by atoms with Crippen LogP contribution in [0.4, 0.5) is 5.69 Å². The molecular formula is C11H11ClN2S. The Kier molecular flexibility index (Phi) is 3.23. The minimum Gasteiger partial charge on any atom is -0.376 e. The fourth-order valence-electron chi connectivity index (χ4n) is 1.33. The van der Waals surface area contributed by atoms with Crippen molar-refractivity contribution >= 4 is 28.6 Å². The smallest absolute Gasteiger partial charge is 0.152 e. The van der Waals surface area contributed by atoms with E-state index in [0.29, 0.717) is 5.15 Å². The zero-order valence-corrected chi connectivity index (χ0v) is 9.85. The number of hydrogen-bond acceptors (Lipinski definition) is 3. The molecule has 0 aliphatic carbocycles. The van der Waals surface area contributed by atoms with Gasteiger partial charge in [-0.1, -0.05) is 11.6 Å². The van der Waals surface area contributed by atoms with Gasteiger partial charge in [-0.25, -0.2) is 4.98 Å². The second kappa shape index (κ2) is 4.64. The summed E-state index contributed by atoms with van der Waals surface area (Å²) in [4.78, 5) is 4.02. The van der Waals surface area contributed by atoms with E-state index in [2.05, 4.69) is 34.1 Å². The molecule has 4 heteroatoms. The Labute approximate surface area is 97.9 Å². The van der Waals surface area contributed by atoms with Gasteiger partial charge in [-0.2, -0.15) is 11.3 Å². The summed E-state index contributed by atoms with van der Waals surface area (Å²) in [5, 5.41) is 8.03. The molecular weight excluding hydrogens is 228 g/mol. The average Bonchev–Trinajstić information content (AvgIpc) is 2.74. The molecule has 0 aromatic carbocycles. The summed E-state index contributed by atoms with van der Waals surface area (Å²) in [5.41, 5.74) is 2.14. The van der Waals surface area contributed by atoms with Gasteiger partial charge in [0.05, 0.1) is 5.69 Å². The lowest BCUT2D eigenvalue weighted by atomic mass is 10.2. The van der Waals surface area contributed by atoms with Crippen LogP contribution in [0, 0.1) is 0 Å². The van der Waals surface area contributed by atoms with Crippen LogP contribution in [0.1, 0.15) is 18.5 Å². The van der Waals surface area contributed by atoms with E-state index in [4.69, 9.17) is 11.6 Å². The summed E-state index contributed by atoms with van der Waals surface area (Å²) in [6.07, 6.45) is 1.68. The molecule has 2 nitrogen and oxygen atoms in total. The molecule has 0 aliphatic rings. The van der Waals surface area contributed by atoms with E-state index in [9.17, 15) is 0 Å². The maximum atomic E-state index is 5.96. The molecule has 1 atom stereocenters. The summed E-state index contributed by atoms with van der Waals surface area (Å²) in [5.74, 6) is 0. The van der Waals surface area contributed by atoms with Crippen molar-refractivity contribution in [1.82, 2.24) is 4.98 Å². The molecule has 78 valence electrons. The second-order valence-corrected chi connectivity index (χ2v) is 4.40. The first-order valence-electron chi connectivity index (χ1n) is 4.66. The Hall–Kier alpha value is -1.06. The Morgan fingerprint density at radius 3 is 3.00 bits per heavy atom. The van der Waals surface area contributed by atoms with Crippen LogP contribution in [-0.2, 0) is 0 Å². The standard InChI is InChI=1S/C11H11ClN2S/c1-8(9-4-6-15-7-9)14-10-3-2-5-13-11(10)12/h2-8,14H,1H3. The quantitative estimate of drug-likeness (QED) is 0.819. The lowest BCUT2D eigenvalue weighted by Gasteiger charge is -2.14. The molecule has 1 N–H and O–H groups in total. The molecule has 2 aromatic rings. The largest absolute Gasteiger partial charge is 0.376 e. The SMILES string of the molecule is CC(Nc1cccnc1Cl)c1ccsc1. The fraction of sp³-hybridized carbons (Fsp3) is 0.182. The molecule has 0 amide bonds. The van der Waals surface area contributed by atoms with Crippen molar-refractivity contribution in [3.63, 3.8) is 0 Å². The highest BCUT2D eigenvalue weighted by molar-refractivity contribution is 7.07. The molecule has 15 heavy (non-hydrogen) atoms. The predicted molar refractivity (Wildman–Crippen MR) is 65.6 cm³/mol. The van der Waals surface area contributed by atoms with Crippen molar-refractivity contribution in [2.45, 2.75) is 13.0 Å². The molecule has 2 heterocycles. The number of rotatable bonds is 3. The molecule has 2 aromatic heterocycles. The van der Waals surface area contributed by atoms with Gasteiger partial charge in [0.25, 0.3) is 0 Å². The van der Waals surface area contributed by atoms with Gasteiger partial charge in [-0.15, -0.1) is 0 Å². The number of thiophene rings is 1. The Balaban J connectivity index is 2.13. The lowest BCUT2D eigenvalue weighted by molar-refractivity contribution is 0.889. The summed E-state index contributed by atoms with van der Waals surface area (Å²) in [6, 6.07) is 6.15. The maximum Gasteiger partial charge on any atom is 0.152 e. The first kappa shape index (κ1) is 10.5. The summed E-state index contributed by atoms with van der Waals surface area (Å²) < 4.78 is 0. The molecule has 1 unspecified atom stereocenters. The van der Waals surface area contributed by atoms with Crippen molar-refractivity contribution in [2.75, 3.05) is 5.32 Å². The minimum absolute atomic E-state index is 0.248. The number of nitrogens with zero attached hydrogens (tertiary/aromatic N) is 1. The van der Waals surface area contributed by atoms with Crippen molar-refractivity contribution < 1.29 is 0 Å². The molecule has 0 fully saturated rings. The third kappa shape index (κ3) is 2.49. The molecule has 0 radical (unpaired) electrons. The van der Waals surface area contributed by atoms with E-state index in [1.807, 2.05) is 12.1 Å². The first-order chi connectivity index (χ1) is 7.27. The van der Waals surface area contributed by atoms with E-state index < -0.39 is 0 Å². The first-order valence-corrected chi connectivity index (χ1v) is 5.98. The Morgan fingerprint density at radius 2 is 2.33 bits per heavy atom. The number of aromatic nitrogens is 1. The number of anilines is 1. The van der Waals surface area contributed by atoms with Crippen LogP contribution in [0.15, 0.2) is 35.2 Å². The predicted octanol–water partition coefficient (Wildman–Crippen LogP) is 3.97. The number of pyridine rings is 1. The monoisotopic (exact) mass is 238 g/mol. The van der Waals surface area contributed by atoms with Crippen LogP contribution in [0.3, 0.4) is 0 Å². The van der Waals surface area contributed by atoms with Crippen molar-refractivity contribution in [3.8, 4) is 0 Å². The highest BCUT2D eigenvalue weighted by atomic mass is 35.5. The van der Waals surface area contributed by atoms with Gasteiger partial charge >= 0.3 is 0 Å². The van der Waals surface area contributed by atoms with Crippen LogP contribution in [0.2, 0.25) is 5.15 Å². The molecule has 0 saturated carbocycles. The lowest BCUT2D eigenvalue weighted by Crippen LogP contribution is -2.06. The third-order valence-electron chi connectivity index (χ3n) is 2.17. The van der Waals surface area contributed by atoms with Crippen molar-refractivity contribution in [3.05, 3.63) is 45.9 Å². The summed E-state index contributed by atoms with van der Waals surface area (Å²) in [7, 11) is 0. The van der Waals surface area contributed by atoms with Gasteiger partial charge in [-0.05, 0) is 41.4 Å². The van der Waals surface area contributed by atoms with Gasteiger partial charge in [0, 0.05) is 12.2 Å². The van der Waals surface area contributed by atoms with Crippen LogP contribution < -0.4 is 5.32 Å². The van der Waals surface area contributed by atoms with Crippen LogP contribution in [0.25, 0.3) is 0 Å². The van der Waals surface area contributed by atoms with E-state index in [1.165, 1.54) is 5.56 Å². The van der Waals surface area contributed by atoms with Crippen LogP contribution >= 0.6 is 22.9 Å². The third-order valence-corrected chi connectivity index (χ3v) is 3.18. The Bertz CT molecular complexity index is 428. The van der Waals surface area contributed by atoms with Crippen LogP contribution in [-0.4, -0.2) is 4.98 Å². The average molecular weight is 239 g/mol. The maximum absolute atomic E-state index is 5.96. The number of hydrogen-bond donors (Lipinski definition) is 1. The highest BCUT2D eigenvalue weighted by Crippen LogP contribution is 2.24. The van der Waals surface area contributed by atoms with E-state index >= 15 is 0 Å². The zero-order chi connectivity index (χ0) is 10.7. The van der Waals surface area contributed by atoms with Crippen molar-refractivity contribution in [1.29, 1.82) is 0 Å². The summed E-state index contributed by atoms with van der Waals surface area (Å²) >= 11 is 7.65. The molecule has 2 rings (SSSR count). The molecule has 0 spiro atoms. The van der Waals surface area contributed by atoms with Gasteiger partial charge in [0.1, 0.15) is 0 Å². The van der Waals surface area contributed by atoms with E-state index in [1.54, 1.807) is 17.5 Å². The molecule has 0 saturated heterocycles. The minimum atomic E-state index is 0.248. The number of nitrogens with one attached hydrogen (secondary N) is 1. The van der Waals surface area contributed by atoms with Crippen molar-refractivity contribution in [2.24, 2.45) is 0 Å². The zero-order valence-electron chi connectivity index (χ0n) is 8.27. The van der Waals surface area contributed by atoms with Gasteiger partial charge < -0.3 is 5.32 Å². The molecule has 0 bridgehead atoms. The molecule has 0 aliphatic heterocycles. The van der Waals surface area contributed by atoms with Crippen LogP contribution in [0.5, 0.6) is 0 Å². The van der Waals surface area contributed by atoms with Gasteiger partial charge in [-0.3, -0.25) is 0 Å². The Morgan fingerprint density at radius 1 is 1.47 bits per heavy atom. The number of halogens is 1. The normalized spacial score (nSPS) is 12.4.